The molecule has 0 aromatic carbocycles. The molecule has 1 heterocycles. The van der Waals surface area contributed by atoms with Crippen molar-refractivity contribution in [2.45, 2.75) is 13.0 Å². The monoisotopic (exact) mass is 167 g/mol. The molecular formula is C9H13NO2. The highest BCUT2D eigenvalue weighted by molar-refractivity contribution is 5.13. The summed E-state index contributed by atoms with van der Waals surface area (Å²) in [4.78, 5) is 4.15. The van der Waals surface area contributed by atoms with E-state index in [2.05, 4.69) is 4.98 Å². The number of hydrogen-bond acceptors (Lipinski definition) is 3. The standard InChI is InChI=1S/C9H13NO2/c1-12-5-4-9-3-2-8(7-11)6-10-9/h2-3,6,11H,4-5,7H2,1H3. The number of hydrogen-bond donors (Lipinski definition) is 1. The van der Waals surface area contributed by atoms with Crippen LogP contribution in [-0.4, -0.2) is 23.8 Å². The molecule has 0 radical (unpaired) electrons. The molecule has 1 aromatic heterocycles. The van der Waals surface area contributed by atoms with Crippen LogP contribution in [0.4, 0.5) is 0 Å². The van der Waals surface area contributed by atoms with Crippen molar-refractivity contribution in [1.82, 2.24) is 4.98 Å². The molecule has 1 rings (SSSR count). The molecule has 0 atom stereocenters. The predicted molar refractivity (Wildman–Crippen MR) is 45.7 cm³/mol. The van der Waals surface area contributed by atoms with Crippen LogP contribution < -0.4 is 0 Å². The van der Waals surface area contributed by atoms with Crippen molar-refractivity contribution in [3.8, 4) is 0 Å². The Hall–Kier alpha value is -0.930. The lowest BCUT2D eigenvalue weighted by Gasteiger charge is -2.00. The third kappa shape index (κ3) is 2.60. The Morgan fingerprint density at radius 3 is 2.83 bits per heavy atom. The van der Waals surface area contributed by atoms with Crippen LogP contribution in [0.1, 0.15) is 11.3 Å². The number of aliphatic hydroxyl groups excluding tert-OH is 1. The lowest BCUT2D eigenvalue weighted by molar-refractivity contribution is 0.201. The van der Waals surface area contributed by atoms with E-state index in [0.29, 0.717) is 6.61 Å². The molecule has 0 saturated carbocycles. The van der Waals surface area contributed by atoms with E-state index in [-0.39, 0.29) is 6.61 Å². The first-order valence-corrected chi connectivity index (χ1v) is 3.90. The van der Waals surface area contributed by atoms with Crippen molar-refractivity contribution in [3.05, 3.63) is 29.6 Å². The van der Waals surface area contributed by atoms with Gasteiger partial charge in [0, 0.05) is 25.4 Å². The van der Waals surface area contributed by atoms with Crippen LogP contribution in [0, 0.1) is 0 Å². The van der Waals surface area contributed by atoms with Gasteiger partial charge in [0.2, 0.25) is 0 Å². The van der Waals surface area contributed by atoms with Crippen molar-refractivity contribution in [2.24, 2.45) is 0 Å². The minimum atomic E-state index is 0.0531. The molecule has 1 aromatic rings. The van der Waals surface area contributed by atoms with Crippen LogP contribution in [0.5, 0.6) is 0 Å². The Labute approximate surface area is 72.0 Å². The summed E-state index contributed by atoms with van der Waals surface area (Å²) in [6.07, 6.45) is 2.51. The van der Waals surface area contributed by atoms with Gasteiger partial charge in [-0.1, -0.05) is 6.07 Å². The van der Waals surface area contributed by atoms with E-state index in [1.165, 1.54) is 0 Å². The van der Waals surface area contributed by atoms with Gasteiger partial charge in [-0.25, -0.2) is 0 Å². The summed E-state index contributed by atoms with van der Waals surface area (Å²) in [6.45, 7) is 0.739. The van der Waals surface area contributed by atoms with Gasteiger partial charge in [-0.3, -0.25) is 4.98 Å². The number of pyridine rings is 1. The Morgan fingerprint density at radius 1 is 1.50 bits per heavy atom. The van der Waals surface area contributed by atoms with Crippen molar-refractivity contribution >= 4 is 0 Å². The first kappa shape index (κ1) is 9.16. The van der Waals surface area contributed by atoms with E-state index in [1.54, 1.807) is 13.3 Å². The van der Waals surface area contributed by atoms with Gasteiger partial charge in [0.1, 0.15) is 0 Å². The topological polar surface area (TPSA) is 42.4 Å². The van der Waals surface area contributed by atoms with Crippen LogP contribution in [0.3, 0.4) is 0 Å². The summed E-state index contributed by atoms with van der Waals surface area (Å²) in [5, 5.41) is 8.74. The third-order valence-corrected chi connectivity index (χ3v) is 1.63. The Morgan fingerprint density at radius 2 is 2.33 bits per heavy atom. The maximum absolute atomic E-state index is 8.74. The zero-order valence-corrected chi connectivity index (χ0v) is 7.16. The molecule has 0 unspecified atom stereocenters. The minimum Gasteiger partial charge on any atom is -0.392 e. The van der Waals surface area contributed by atoms with Crippen LogP contribution in [0.2, 0.25) is 0 Å². The van der Waals surface area contributed by atoms with Crippen molar-refractivity contribution in [1.29, 1.82) is 0 Å². The number of aliphatic hydroxyl groups is 1. The van der Waals surface area contributed by atoms with Crippen molar-refractivity contribution < 1.29 is 9.84 Å². The van der Waals surface area contributed by atoms with E-state index in [9.17, 15) is 0 Å². The van der Waals surface area contributed by atoms with E-state index in [0.717, 1.165) is 17.7 Å². The molecule has 0 fully saturated rings. The van der Waals surface area contributed by atoms with Crippen molar-refractivity contribution in [3.63, 3.8) is 0 Å². The summed E-state index contributed by atoms with van der Waals surface area (Å²) in [5.41, 5.74) is 1.84. The molecule has 0 aliphatic rings. The quantitative estimate of drug-likeness (QED) is 0.720. The molecule has 1 N–H and O–H groups in total. The molecule has 3 heteroatoms. The molecule has 66 valence electrons. The first-order valence-electron chi connectivity index (χ1n) is 3.90. The molecule has 0 amide bonds. The third-order valence-electron chi connectivity index (χ3n) is 1.63. The van der Waals surface area contributed by atoms with Gasteiger partial charge in [-0.05, 0) is 11.6 Å². The number of ether oxygens (including phenoxy) is 1. The van der Waals surface area contributed by atoms with Gasteiger partial charge >= 0.3 is 0 Å². The fourth-order valence-electron chi connectivity index (χ4n) is 0.903. The fourth-order valence-corrected chi connectivity index (χ4v) is 0.903. The molecular weight excluding hydrogens is 154 g/mol. The number of rotatable bonds is 4. The summed E-state index contributed by atoms with van der Waals surface area (Å²) in [5.74, 6) is 0. The van der Waals surface area contributed by atoms with Gasteiger partial charge in [0.05, 0.1) is 13.2 Å². The molecule has 0 aliphatic heterocycles. The van der Waals surface area contributed by atoms with Gasteiger partial charge in [0.15, 0.2) is 0 Å². The lowest BCUT2D eigenvalue weighted by Crippen LogP contribution is -1.97. The lowest BCUT2D eigenvalue weighted by atomic mass is 10.2. The summed E-state index contributed by atoms with van der Waals surface area (Å²) < 4.78 is 4.91. The highest BCUT2D eigenvalue weighted by Gasteiger charge is 1.94. The number of nitrogens with zero attached hydrogens (tertiary/aromatic N) is 1. The first-order chi connectivity index (χ1) is 5.86. The average Bonchev–Trinajstić information content (AvgIpc) is 2.15. The number of aromatic nitrogens is 1. The average molecular weight is 167 g/mol. The second kappa shape index (κ2) is 4.85. The summed E-state index contributed by atoms with van der Waals surface area (Å²) >= 11 is 0. The zero-order valence-electron chi connectivity index (χ0n) is 7.16. The van der Waals surface area contributed by atoms with Gasteiger partial charge in [-0.15, -0.1) is 0 Å². The van der Waals surface area contributed by atoms with Crippen molar-refractivity contribution in [2.75, 3.05) is 13.7 Å². The van der Waals surface area contributed by atoms with E-state index >= 15 is 0 Å². The largest absolute Gasteiger partial charge is 0.392 e. The van der Waals surface area contributed by atoms with E-state index in [4.69, 9.17) is 9.84 Å². The van der Waals surface area contributed by atoms with Gasteiger partial charge in [-0.2, -0.15) is 0 Å². The van der Waals surface area contributed by atoms with Crippen LogP contribution in [0.25, 0.3) is 0 Å². The second-order valence-electron chi connectivity index (χ2n) is 2.56. The molecule has 0 bridgehead atoms. The predicted octanol–water partition coefficient (Wildman–Crippen LogP) is 0.763. The van der Waals surface area contributed by atoms with Gasteiger partial charge < -0.3 is 9.84 Å². The molecule has 3 nitrogen and oxygen atoms in total. The smallest absolute Gasteiger partial charge is 0.0696 e. The van der Waals surface area contributed by atoms with Crippen LogP contribution in [-0.2, 0) is 17.8 Å². The SMILES string of the molecule is COCCc1ccc(CO)cn1. The Bertz CT molecular complexity index is 220. The highest BCUT2D eigenvalue weighted by atomic mass is 16.5. The minimum absolute atomic E-state index is 0.0531. The Kier molecular flexibility index (Phi) is 3.70. The van der Waals surface area contributed by atoms with E-state index in [1.807, 2.05) is 12.1 Å². The normalized spacial score (nSPS) is 10.2. The maximum atomic E-state index is 8.74. The van der Waals surface area contributed by atoms with Crippen LogP contribution >= 0.6 is 0 Å². The summed E-state index contributed by atoms with van der Waals surface area (Å²) in [7, 11) is 1.67. The molecule has 0 aliphatic carbocycles. The fraction of sp³-hybridized carbons (Fsp3) is 0.444. The van der Waals surface area contributed by atoms with Gasteiger partial charge in [0.25, 0.3) is 0 Å². The molecule has 12 heavy (non-hydrogen) atoms. The van der Waals surface area contributed by atoms with E-state index < -0.39 is 0 Å². The van der Waals surface area contributed by atoms with Crippen LogP contribution in [0.15, 0.2) is 18.3 Å². The highest BCUT2D eigenvalue weighted by Crippen LogP contribution is 2.00. The molecule has 0 spiro atoms. The Balaban J connectivity index is 2.53. The second-order valence-corrected chi connectivity index (χ2v) is 2.56. The summed E-state index contributed by atoms with van der Waals surface area (Å²) in [6, 6.07) is 3.78. The molecule has 0 saturated heterocycles. The maximum Gasteiger partial charge on any atom is 0.0696 e. The zero-order chi connectivity index (χ0) is 8.81. The number of methoxy groups -OCH3 is 1.